The predicted molar refractivity (Wildman–Crippen MR) is 100 cm³/mol. The van der Waals surface area contributed by atoms with E-state index in [0.29, 0.717) is 85.9 Å². The summed E-state index contributed by atoms with van der Waals surface area (Å²) in [4.78, 5) is 10.2. The van der Waals surface area contributed by atoms with E-state index in [1.54, 1.807) is 0 Å². The van der Waals surface area contributed by atoms with Crippen molar-refractivity contribution >= 4 is 5.97 Å². The van der Waals surface area contributed by atoms with E-state index in [1.807, 2.05) is 0 Å². The van der Waals surface area contributed by atoms with E-state index in [9.17, 15) is 9.18 Å². The highest BCUT2D eigenvalue weighted by Crippen LogP contribution is 1.85. The van der Waals surface area contributed by atoms with Gasteiger partial charge in [-0.1, -0.05) is 0 Å². The average molecular weight is 430 g/mol. The minimum atomic E-state index is -0.997. The van der Waals surface area contributed by atoms with Crippen molar-refractivity contribution in [1.29, 1.82) is 0 Å². The number of carbonyl (C=O) groups is 1. The number of hydrogen-bond donors (Lipinski definition) is 1. The van der Waals surface area contributed by atoms with Gasteiger partial charge >= 0.3 is 5.97 Å². The highest BCUT2D eigenvalue weighted by atomic mass is 19.1. The van der Waals surface area contributed by atoms with Crippen molar-refractivity contribution in [2.75, 3.05) is 112 Å². The van der Waals surface area contributed by atoms with Crippen molar-refractivity contribution in [3.8, 4) is 0 Å². The summed E-state index contributed by atoms with van der Waals surface area (Å²) in [6.45, 7) is 5.32. The Kier molecular flexibility index (Phi) is 24.3. The molecule has 0 aliphatic rings. The summed E-state index contributed by atoms with van der Waals surface area (Å²) in [5.74, 6) is -0.997. The van der Waals surface area contributed by atoms with Crippen LogP contribution in [0.2, 0.25) is 0 Å². The number of hydrogen-bond acceptors (Lipinski definition) is 9. The fourth-order valence-corrected chi connectivity index (χ4v) is 1.75. The zero-order valence-corrected chi connectivity index (χ0v) is 17.0. The van der Waals surface area contributed by atoms with Crippen molar-refractivity contribution in [1.82, 2.24) is 0 Å². The molecular weight excluding hydrogens is 395 g/mol. The minimum absolute atomic E-state index is 0.109. The van der Waals surface area contributed by atoms with Gasteiger partial charge in [0.05, 0.1) is 99.1 Å². The van der Waals surface area contributed by atoms with E-state index in [0.717, 1.165) is 0 Å². The molecule has 0 radical (unpaired) electrons. The summed E-state index contributed by atoms with van der Waals surface area (Å²) in [5, 5.41) is 8.36. The lowest BCUT2D eigenvalue weighted by Gasteiger charge is -2.08. The van der Waals surface area contributed by atoms with Crippen LogP contribution in [0.15, 0.2) is 0 Å². The van der Waals surface area contributed by atoms with Gasteiger partial charge in [0.1, 0.15) is 13.3 Å². The highest BCUT2D eigenvalue weighted by molar-refractivity contribution is 5.67. The summed E-state index contributed by atoms with van der Waals surface area (Å²) in [7, 11) is 0. The first-order valence-electron chi connectivity index (χ1n) is 9.67. The molecule has 0 heterocycles. The Hall–Kier alpha value is -0.920. The average Bonchev–Trinajstić information content (AvgIpc) is 2.71. The summed E-state index contributed by atoms with van der Waals surface area (Å²) in [6, 6.07) is 0. The number of halogens is 1. The predicted octanol–water partition coefficient (Wildman–Crippen LogP) is 0.173. The van der Waals surface area contributed by atoms with Crippen LogP contribution in [0.3, 0.4) is 0 Å². The molecule has 0 aliphatic heterocycles. The summed E-state index contributed by atoms with van der Waals surface area (Å²) in [5.41, 5.74) is 0. The Morgan fingerprint density at radius 1 is 0.483 bits per heavy atom. The van der Waals surface area contributed by atoms with Gasteiger partial charge < -0.3 is 43.0 Å². The normalized spacial score (nSPS) is 11.2. The molecule has 0 bridgehead atoms. The lowest BCUT2D eigenvalue weighted by atomic mass is 10.6. The first kappa shape index (κ1) is 28.1. The highest BCUT2D eigenvalue weighted by Gasteiger charge is 1.96. The second-order valence-corrected chi connectivity index (χ2v) is 5.42. The number of carboxylic acid groups (broad SMARTS) is 1. The minimum Gasteiger partial charge on any atom is -0.480 e. The second-order valence-electron chi connectivity index (χ2n) is 5.42. The second kappa shape index (κ2) is 25.1. The van der Waals surface area contributed by atoms with Gasteiger partial charge in [-0.2, -0.15) is 0 Å². The smallest absolute Gasteiger partial charge is 0.329 e. The van der Waals surface area contributed by atoms with Crippen LogP contribution in [0.1, 0.15) is 0 Å². The molecular formula is C18H35FO10. The monoisotopic (exact) mass is 430 g/mol. The summed E-state index contributed by atoms with van der Waals surface area (Å²) < 4.78 is 53.3. The molecule has 0 fully saturated rings. The zero-order valence-electron chi connectivity index (χ0n) is 17.0. The first-order chi connectivity index (χ1) is 14.3. The third kappa shape index (κ3) is 27.1. The number of alkyl halides is 1. The van der Waals surface area contributed by atoms with Crippen LogP contribution in [0.4, 0.5) is 4.39 Å². The molecule has 11 heteroatoms. The third-order valence-corrected chi connectivity index (χ3v) is 3.05. The van der Waals surface area contributed by atoms with Gasteiger partial charge in [-0.25, -0.2) is 9.18 Å². The summed E-state index contributed by atoms with van der Waals surface area (Å²) >= 11 is 0. The van der Waals surface area contributed by atoms with Crippen LogP contribution < -0.4 is 0 Å². The molecule has 0 aromatic heterocycles. The van der Waals surface area contributed by atoms with Gasteiger partial charge in [0.2, 0.25) is 0 Å². The topological polar surface area (TPSA) is 111 Å². The first-order valence-corrected chi connectivity index (χ1v) is 9.67. The maximum atomic E-state index is 11.7. The maximum Gasteiger partial charge on any atom is 0.329 e. The molecule has 0 amide bonds. The van der Waals surface area contributed by atoms with Crippen molar-refractivity contribution in [2.24, 2.45) is 0 Å². The van der Waals surface area contributed by atoms with Crippen LogP contribution in [0.5, 0.6) is 0 Å². The van der Waals surface area contributed by atoms with Crippen molar-refractivity contribution in [3.63, 3.8) is 0 Å². The quantitative estimate of drug-likeness (QED) is 0.201. The zero-order chi connectivity index (χ0) is 21.3. The van der Waals surface area contributed by atoms with E-state index < -0.39 is 12.6 Å². The Morgan fingerprint density at radius 3 is 0.966 bits per heavy atom. The number of rotatable bonds is 25. The van der Waals surface area contributed by atoms with E-state index in [1.165, 1.54) is 0 Å². The van der Waals surface area contributed by atoms with Crippen molar-refractivity contribution in [2.45, 2.75) is 0 Å². The molecule has 10 nitrogen and oxygen atoms in total. The molecule has 0 aromatic carbocycles. The molecule has 0 rings (SSSR count). The largest absolute Gasteiger partial charge is 0.480 e. The Bertz CT molecular complexity index is 336. The van der Waals surface area contributed by atoms with Crippen LogP contribution in [-0.2, 0) is 42.7 Å². The molecule has 0 unspecified atom stereocenters. The molecule has 0 saturated heterocycles. The van der Waals surface area contributed by atoms with Crippen molar-refractivity contribution in [3.05, 3.63) is 0 Å². The number of ether oxygens (including phenoxy) is 8. The van der Waals surface area contributed by atoms with Crippen LogP contribution in [-0.4, -0.2) is 123 Å². The molecule has 29 heavy (non-hydrogen) atoms. The van der Waals surface area contributed by atoms with Gasteiger partial charge in [-0.3, -0.25) is 0 Å². The van der Waals surface area contributed by atoms with E-state index in [2.05, 4.69) is 0 Å². The van der Waals surface area contributed by atoms with Gasteiger partial charge in [-0.05, 0) is 0 Å². The summed E-state index contributed by atoms with van der Waals surface area (Å²) in [6.07, 6.45) is 0. The molecule has 0 atom stereocenters. The molecule has 174 valence electrons. The van der Waals surface area contributed by atoms with Gasteiger partial charge in [-0.15, -0.1) is 0 Å². The van der Waals surface area contributed by atoms with E-state index >= 15 is 0 Å². The van der Waals surface area contributed by atoms with Gasteiger partial charge in [0.25, 0.3) is 0 Å². The van der Waals surface area contributed by atoms with Gasteiger partial charge in [0, 0.05) is 0 Å². The molecule has 0 aromatic rings. The lowest BCUT2D eigenvalue weighted by Crippen LogP contribution is -2.15. The molecule has 0 aliphatic carbocycles. The van der Waals surface area contributed by atoms with Crippen LogP contribution >= 0.6 is 0 Å². The van der Waals surface area contributed by atoms with E-state index in [4.69, 9.17) is 43.0 Å². The van der Waals surface area contributed by atoms with Gasteiger partial charge in [0.15, 0.2) is 0 Å². The third-order valence-electron chi connectivity index (χ3n) is 3.05. The standard InChI is InChI=1S/C18H35FO10/c19-1-2-22-3-4-23-5-6-24-7-8-25-9-10-26-11-12-27-13-14-28-15-16-29-17-18(20)21/h1-17H2,(H,20,21). The molecule has 0 spiro atoms. The van der Waals surface area contributed by atoms with E-state index in [-0.39, 0.29) is 19.8 Å². The van der Waals surface area contributed by atoms with Crippen LogP contribution in [0, 0.1) is 0 Å². The lowest BCUT2D eigenvalue weighted by molar-refractivity contribution is -0.142. The fourth-order valence-electron chi connectivity index (χ4n) is 1.75. The fraction of sp³-hybridized carbons (Fsp3) is 0.944. The van der Waals surface area contributed by atoms with Crippen LogP contribution in [0.25, 0.3) is 0 Å². The SMILES string of the molecule is O=C(O)COCCOCCOCCOCCOCCOCCOCCOCCF. The molecule has 0 saturated carbocycles. The van der Waals surface area contributed by atoms with Crippen molar-refractivity contribution < 1.29 is 52.2 Å². The number of carboxylic acids is 1. The maximum absolute atomic E-state index is 11.7. The Morgan fingerprint density at radius 2 is 0.724 bits per heavy atom. The Balaban J connectivity index is 2.99. The molecule has 1 N–H and O–H groups in total. The Labute approximate surface area is 171 Å². The number of aliphatic carboxylic acids is 1.